The number of pyridine rings is 2. The molecule has 0 aliphatic heterocycles. The molecule has 2 N–H and O–H groups in total. The van der Waals surface area contributed by atoms with E-state index in [1.807, 2.05) is 0 Å². The summed E-state index contributed by atoms with van der Waals surface area (Å²) in [6, 6.07) is 10.5. The van der Waals surface area contributed by atoms with E-state index in [0.29, 0.717) is 17.4 Å². The van der Waals surface area contributed by atoms with Crippen LogP contribution in [0.25, 0.3) is 10.9 Å². The molecule has 0 fully saturated rings. The van der Waals surface area contributed by atoms with Crippen LogP contribution in [0.2, 0.25) is 0 Å². The number of aromatic nitrogens is 2. The van der Waals surface area contributed by atoms with Gasteiger partial charge in [-0.3, -0.25) is 14.6 Å². The number of para-hydroxylation sites is 1. The predicted octanol–water partition coefficient (Wildman–Crippen LogP) is 3.06. The van der Waals surface area contributed by atoms with Crippen LogP contribution in [0.5, 0.6) is 5.75 Å². The topological polar surface area (TPSA) is 96.6 Å². The number of aromatic hydroxyl groups is 1. The predicted molar refractivity (Wildman–Crippen MR) is 109 cm³/mol. The summed E-state index contributed by atoms with van der Waals surface area (Å²) in [4.78, 5) is 29.4. The van der Waals surface area contributed by atoms with Gasteiger partial charge in [-0.15, -0.1) is 0 Å². The summed E-state index contributed by atoms with van der Waals surface area (Å²) >= 11 is 0. The molecule has 0 spiro atoms. The third-order valence-electron chi connectivity index (χ3n) is 4.44. The lowest BCUT2D eigenvalue weighted by molar-refractivity contribution is 0.0950. The van der Waals surface area contributed by atoms with Crippen molar-refractivity contribution in [2.45, 2.75) is 32.7 Å². The molecule has 7 nitrogen and oxygen atoms in total. The molecule has 0 unspecified atom stereocenters. The van der Waals surface area contributed by atoms with E-state index in [9.17, 15) is 14.7 Å². The average Bonchev–Trinajstić information content (AvgIpc) is 2.71. The third-order valence-corrected chi connectivity index (χ3v) is 4.44. The number of nitrogens with one attached hydrogen (secondary N) is 1. The van der Waals surface area contributed by atoms with Crippen molar-refractivity contribution in [1.29, 1.82) is 0 Å². The van der Waals surface area contributed by atoms with Crippen molar-refractivity contribution in [3.8, 4) is 5.75 Å². The number of nitrogens with zero attached hydrogens (tertiary/aromatic N) is 3. The molecular weight excluding hydrogens is 356 g/mol. The van der Waals surface area contributed by atoms with Gasteiger partial charge in [0.15, 0.2) is 0 Å². The number of aryl methyl sites for hydroxylation is 1. The molecule has 1 amide bonds. The molecule has 0 saturated heterocycles. The second kappa shape index (κ2) is 8.94. The Morgan fingerprint density at radius 1 is 1.21 bits per heavy atom. The second-order valence-electron chi connectivity index (χ2n) is 6.38. The minimum absolute atomic E-state index is 0.304. The largest absolute Gasteiger partial charge is 0.506 e. The Bertz CT molecular complexity index is 1060. The van der Waals surface area contributed by atoms with Crippen LogP contribution in [0.1, 0.15) is 42.1 Å². The van der Waals surface area contributed by atoms with Crippen LogP contribution < -0.4 is 11.0 Å². The van der Waals surface area contributed by atoms with Crippen LogP contribution in [0, 0.1) is 0 Å². The monoisotopic (exact) mass is 378 g/mol. The standard InChI is InChI=1S/C21H22N4O3/c1-2-3-6-13-25-17-8-5-4-7-16(17)19(26)18(21(25)28)20(27)24-23-14-15-9-11-22-12-10-15/h4-5,7-12,14,26H,2-3,6,13H2,1H3,(H,24,27)/b23-14-. The Labute approximate surface area is 162 Å². The number of fused-ring (bicyclic) bond motifs is 1. The van der Waals surface area contributed by atoms with Crippen molar-refractivity contribution < 1.29 is 9.90 Å². The van der Waals surface area contributed by atoms with Crippen LogP contribution in [0.4, 0.5) is 0 Å². The van der Waals surface area contributed by atoms with E-state index in [1.165, 1.54) is 6.21 Å². The normalized spacial score (nSPS) is 11.2. The first-order valence-corrected chi connectivity index (χ1v) is 9.21. The van der Waals surface area contributed by atoms with Crippen LogP contribution >= 0.6 is 0 Å². The molecule has 2 aromatic heterocycles. The Hall–Kier alpha value is -3.48. The molecule has 0 radical (unpaired) electrons. The lowest BCUT2D eigenvalue weighted by Crippen LogP contribution is -2.31. The summed E-state index contributed by atoms with van der Waals surface area (Å²) in [7, 11) is 0. The highest BCUT2D eigenvalue weighted by Gasteiger charge is 2.21. The molecule has 0 bridgehead atoms. The van der Waals surface area contributed by atoms with E-state index < -0.39 is 11.5 Å². The number of carbonyl (C=O) groups is 1. The number of benzene rings is 1. The molecule has 7 heteroatoms. The number of amides is 1. The highest BCUT2D eigenvalue weighted by molar-refractivity contribution is 6.02. The first-order chi connectivity index (χ1) is 13.6. The van der Waals surface area contributed by atoms with Gasteiger partial charge in [0.2, 0.25) is 0 Å². The molecule has 0 aliphatic carbocycles. The van der Waals surface area contributed by atoms with Gasteiger partial charge >= 0.3 is 0 Å². The van der Waals surface area contributed by atoms with Crippen LogP contribution in [-0.2, 0) is 6.54 Å². The molecule has 2 heterocycles. The lowest BCUT2D eigenvalue weighted by atomic mass is 10.1. The Balaban J connectivity index is 1.96. The summed E-state index contributed by atoms with van der Waals surface area (Å²) in [5.41, 5.74) is 2.85. The Kier molecular flexibility index (Phi) is 6.16. The first kappa shape index (κ1) is 19.3. The maximum absolute atomic E-state index is 13.0. The van der Waals surface area contributed by atoms with Crippen molar-refractivity contribution in [3.05, 3.63) is 70.3 Å². The van der Waals surface area contributed by atoms with Crippen molar-refractivity contribution in [1.82, 2.24) is 15.0 Å². The highest BCUT2D eigenvalue weighted by atomic mass is 16.3. The lowest BCUT2D eigenvalue weighted by Gasteiger charge is -2.14. The Morgan fingerprint density at radius 2 is 1.96 bits per heavy atom. The molecule has 0 saturated carbocycles. The summed E-state index contributed by atoms with van der Waals surface area (Å²) in [5.74, 6) is -1.08. The third kappa shape index (κ3) is 4.09. The maximum Gasteiger partial charge on any atom is 0.280 e. The van der Waals surface area contributed by atoms with Crippen molar-refractivity contribution in [3.63, 3.8) is 0 Å². The summed E-state index contributed by atoms with van der Waals surface area (Å²) in [5, 5.41) is 14.9. The van der Waals surface area contributed by atoms with Gasteiger partial charge in [-0.05, 0) is 36.2 Å². The van der Waals surface area contributed by atoms with Gasteiger partial charge in [0.05, 0.1) is 11.7 Å². The zero-order valence-electron chi connectivity index (χ0n) is 15.6. The second-order valence-corrected chi connectivity index (χ2v) is 6.38. The number of rotatable bonds is 7. The molecule has 3 aromatic rings. The fraction of sp³-hybridized carbons (Fsp3) is 0.238. The highest BCUT2D eigenvalue weighted by Crippen LogP contribution is 2.26. The maximum atomic E-state index is 13.0. The summed E-state index contributed by atoms with van der Waals surface area (Å²) < 4.78 is 1.55. The van der Waals surface area contributed by atoms with Gasteiger partial charge in [0, 0.05) is 24.3 Å². The summed E-state index contributed by atoms with van der Waals surface area (Å²) in [6.45, 7) is 2.56. The van der Waals surface area contributed by atoms with Gasteiger partial charge < -0.3 is 9.67 Å². The first-order valence-electron chi connectivity index (χ1n) is 9.21. The number of hydrazone groups is 1. The van der Waals surface area contributed by atoms with Crippen LogP contribution in [0.15, 0.2) is 58.7 Å². The van der Waals surface area contributed by atoms with E-state index in [1.54, 1.807) is 53.4 Å². The smallest absolute Gasteiger partial charge is 0.280 e. The summed E-state index contributed by atoms with van der Waals surface area (Å²) in [6.07, 6.45) is 7.45. The van der Waals surface area contributed by atoms with Gasteiger partial charge in [0.25, 0.3) is 11.5 Å². The fourth-order valence-electron chi connectivity index (χ4n) is 3.01. The van der Waals surface area contributed by atoms with E-state index in [0.717, 1.165) is 24.8 Å². The number of unbranched alkanes of at least 4 members (excludes halogenated alkanes) is 2. The molecular formula is C21H22N4O3. The van der Waals surface area contributed by atoms with Gasteiger partial charge in [0.1, 0.15) is 11.3 Å². The van der Waals surface area contributed by atoms with Gasteiger partial charge in [-0.2, -0.15) is 5.10 Å². The SMILES string of the molecule is CCCCCn1c(=O)c(C(=O)N/N=C\c2ccncc2)c(O)c2ccccc21. The van der Waals surface area contributed by atoms with Gasteiger partial charge in [-0.1, -0.05) is 31.9 Å². The van der Waals surface area contributed by atoms with E-state index in [-0.39, 0.29) is 11.3 Å². The van der Waals surface area contributed by atoms with E-state index >= 15 is 0 Å². The minimum atomic E-state index is -0.747. The molecule has 3 rings (SSSR count). The zero-order chi connectivity index (χ0) is 19.9. The van der Waals surface area contributed by atoms with Crippen molar-refractivity contribution in [2.24, 2.45) is 5.10 Å². The van der Waals surface area contributed by atoms with E-state index in [4.69, 9.17) is 0 Å². The number of carbonyl (C=O) groups excluding carboxylic acids is 1. The van der Waals surface area contributed by atoms with E-state index in [2.05, 4.69) is 22.4 Å². The fourth-order valence-corrected chi connectivity index (χ4v) is 3.01. The molecule has 1 aromatic carbocycles. The Morgan fingerprint density at radius 3 is 2.71 bits per heavy atom. The molecule has 28 heavy (non-hydrogen) atoms. The molecule has 0 aliphatic rings. The minimum Gasteiger partial charge on any atom is -0.506 e. The van der Waals surface area contributed by atoms with Crippen molar-refractivity contribution in [2.75, 3.05) is 0 Å². The molecule has 0 atom stereocenters. The zero-order valence-corrected chi connectivity index (χ0v) is 15.6. The molecule has 144 valence electrons. The number of hydrogen-bond donors (Lipinski definition) is 2. The average molecular weight is 378 g/mol. The van der Waals surface area contributed by atoms with Crippen molar-refractivity contribution >= 4 is 23.0 Å². The van der Waals surface area contributed by atoms with Gasteiger partial charge in [-0.25, -0.2) is 5.43 Å². The van der Waals surface area contributed by atoms with Crippen LogP contribution in [0.3, 0.4) is 0 Å². The van der Waals surface area contributed by atoms with Crippen LogP contribution in [-0.4, -0.2) is 26.8 Å². The quantitative estimate of drug-likeness (QED) is 0.375. The number of hydrogen-bond acceptors (Lipinski definition) is 5.